The van der Waals surface area contributed by atoms with Gasteiger partial charge >= 0.3 is 0 Å². The van der Waals surface area contributed by atoms with E-state index in [-0.39, 0.29) is 5.78 Å². The van der Waals surface area contributed by atoms with Crippen molar-refractivity contribution in [2.45, 2.75) is 58.8 Å². The van der Waals surface area contributed by atoms with Gasteiger partial charge in [0.05, 0.1) is 0 Å². The predicted octanol–water partition coefficient (Wildman–Crippen LogP) is 6.11. The fourth-order valence-electron chi connectivity index (χ4n) is 1.71. The van der Waals surface area contributed by atoms with Gasteiger partial charge in [0.1, 0.15) is 5.78 Å². The Morgan fingerprint density at radius 2 is 1.14 bits per heavy atom. The monoisotopic (exact) mass is 286 g/mol. The lowest BCUT2D eigenvalue weighted by Crippen LogP contribution is -1.87. The molecule has 0 rings (SSSR count). The summed E-state index contributed by atoms with van der Waals surface area (Å²) in [6.07, 6.45) is 28.4. The highest BCUT2D eigenvalue weighted by Gasteiger charge is 1.89. The molecule has 0 atom stereocenters. The molecule has 0 aromatic rings. The molecular formula is C20H30O. The molecule has 0 N–H and O–H groups in total. The quantitative estimate of drug-likeness (QED) is 0.312. The molecule has 0 radical (unpaired) electrons. The number of Topliss-reactive ketones (excluding diaryl/α,β-unsaturated/α-hetero) is 1. The van der Waals surface area contributed by atoms with Gasteiger partial charge in [-0.25, -0.2) is 0 Å². The van der Waals surface area contributed by atoms with Gasteiger partial charge in [-0.3, -0.25) is 0 Å². The van der Waals surface area contributed by atoms with Crippen LogP contribution in [-0.2, 0) is 4.79 Å². The van der Waals surface area contributed by atoms with Crippen LogP contribution < -0.4 is 0 Å². The smallest absolute Gasteiger partial charge is 0.129 e. The Morgan fingerprint density at radius 3 is 1.57 bits per heavy atom. The number of carbonyl (C=O) groups excluding carboxylic acids is 1. The maximum absolute atomic E-state index is 10.7. The van der Waals surface area contributed by atoms with E-state index in [4.69, 9.17) is 0 Å². The van der Waals surface area contributed by atoms with Gasteiger partial charge in [0, 0.05) is 6.42 Å². The molecule has 0 amide bonds. The minimum absolute atomic E-state index is 0.284. The van der Waals surface area contributed by atoms with Gasteiger partial charge in [-0.15, -0.1) is 0 Å². The highest BCUT2D eigenvalue weighted by molar-refractivity contribution is 5.75. The Bertz CT molecular complexity index is 381. The van der Waals surface area contributed by atoms with Gasteiger partial charge < -0.3 is 4.79 Å². The second kappa shape index (κ2) is 16.4. The first kappa shape index (κ1) is 19.4. The van der Waals surface area contributed by atoms with Crippen LogP contribution in [0.5, 0.6) is 0 Å². The summed E-state index contributed by atoms with van der Waals surface area (Å²) < 4.78 is 0. The van der Waals surface area contributed by atoms with Crippen molar-refractivity contribution in [3.63, 3.8) is 0 Å². The summed E-state index contributed by atoms with van der Waals surface area (Å²) in [6, 6.07) is 0. The Hall–Kier alpha value is -1.63. The summed E-state index contributed by atoms with van der Waals surface area (Å²) in [4.78, 5) is 10.7. The molecular weight excluding hydrogens is 256 g/mol. The molecule has 21 heavy (non-hydrogen) atoms. The summed E-state index contributed by atoms with van der Waals surface area (Å²) in [7, 11) is 0. The van der Waals surface area contributed by atoms with Gasteiger partial charge in [0.15, 0.2) is 0 Å². The molecule has 0 aliphatic rings. The fourth-order valence-corrected chi connectivity index (χ4v) is 1.71. The first-order valence-electron chi connectivity index (χ1n) is 7.98. The largest absolute Gasteiger partial charge is 0.300 e. The van der Waals surface area contributed by atoms with Crippen LogP contribution in [0, 0.1) is 0 Å². The topological polar surface area (TPSA) is 17.1 Å². The number of hydrogen-bond donors (Lipinski definition) is 0. The van der Waals surface area contributed by atoms with Crippen LogP contribution in [0.4, 0.5) is 0 Å². The van der Waals surface area contributed by atoms with E-state index in [1.165, 1.54) is 0 Å². The second-order valence-electron chi connectivity index (χ2n) is 4.99. The third kappa shape index (κ3) is 18.4. The van der Waals surface area contributed by atoms with E-state index in [0.717, 1.165) is 38.5 Å². The third-order valence-electron chi connectivity index (χ3n) is 2.89. The van der Waals surface area contributed by atoms with Gasteiger partial charge in [0.25, 0.3) is 0 Å². The molecule has 0 saturated heterocycles. The van der Waals surface area contributed by atoms with Crippen molar-refractivity contribution >= 4 is 5.78 Å². The summed E-state index contributed by atoms with van der Waals surface area (Å²) in [5, 5.41) is 0. The van der Waals surface area contributed by atoms with Crippen LogP contribution in [0.15, 0.2) is 60.8 Å². The number of carbonyl (C=O) groups is 1. The van der Waals surface area contributed by atoms with Crippen molar-refractivity contribution in [2.75, 3.05) is 0 Å². The van der Waals surface area contributed by atoms with Crippen molar-refractivity contribution in [1.82, 2.24) is 0 Å². The zero-order valence-corrected chi connectivity index (χ0v) is 13.6. The van der Waals surface area contributed by atoms with Crippen LogP contribution in [-0.4, -0.2) is 5.78 Å². The van der Waals surface area contributed by atoms with E-state index in [1.807, 2.05) is 6.92 Å². The predicted molar refractivity (Wildman–Crippen MR) is 94.4 cm³/mol. The summed E-state index contributed by atoms with van der Waals surface area (Å²) in [5.41, 5.74) is 0. The van der Waals surface area contributed by atoms with E-state index in [1.54, 1.807) is 6.92 Å². The van der Waals surface area contributed by atoms with E-state index in [9.17, 15) is 4.79 Å². The lowest BCUT2D eigenvalue weighted by molar-refractivity contribution is -0.117. The average molecular weight is 286 g/mol. The lowest BCUT2D eigenvalue weighted by Gasteiger charge is -1.90. The number of unbranched alkanes of at least 4 members (excludes halogenated alkanes) is 1. The lowest BCUT2D eigenvalue weighted by atomic mass is 10.2. The molecule has 0 aliphatic heterocycles. The molecule has 0 aliphatic carbocycles. The molecule has 0 saturated carbocycles. The van der Waals surface area contributed by atoms with Gasteiger partial charge in [-0.05, 0) is 52.4 Å². The minimum atomic E-state index is 0.284. The fraction of sp³-hybridized carbons (Fsp3) is 0.450. The normalized spacial score (nSPS) is 12.9. The van der Waals surface area contributed by atoms with Crippen LogP contribution in [0.2, 0.25) is 0 Å². The number of hydrogen-bond acceptors (Lipinski definition) is 1. The Morgan fingerprint density at radius 1 is 0.714 bits per heavy atom. The van der Waals surface area contributed by atoms with Crippen molar-refractivity contribution in [3.8, 4) is 0 Å². The van der Waals surface area contributed by atoms with E-state index >= 15 is 0 Å². The van der Waals surface area contributed by atoms with Gasteiger partial charge in [0.2, 0.25) is 0 Å². The molecule has 0 spiro atoms. The number of rotatable bonds is 12. The number of allylic oxidation sites excluding steroid dienone is 10. The van der Waals surface area contributed by atoms with Gasteiger partial charge in [-0.2, -0.15) is 0 Å². The maximum atomic E-state index is 10.7. The maximum Gasteiger partial charge on any atom is 0.129 e. The SMILES string of the molecule is CC=CCC=CCC=CCC=CCC=CCCCC(C)=O. The van der Waals surface area contributed by atoms with Crippen LogP contribution in [0.25, 0.3) is 0 Å². The summed E-state index contributed by atoms with van der Waals surface area (Å²) in [5.74, 6) is 0.284. The van der Waals surface area contributed by atoms with Gasteiger partial charge in [-0.1, -0.05) is 60.8 Å². The second-order valence-corrected chi connectivity index (χ2v) is 4.99. The van der Waals surface area contributed by atoms with Crippen LogP contribution in [0.3, 0.4) is 0 Å². The van der Waals surface area contributed by atoms with Crippen molar-refractivity contribution in [2.24, 2.45) is 0 Å². The highest BCUT2D eigenvalue weighted by Crippen LogP contribution is 1.99. The number of ketones is 1. The third-order valence-corrected chi connectivity index (χ3v) is 2.89. The van der Waals surface area contributed by atoms with E-state index in [0.29, 0.717) is 6.42 Å². The Labute approximate surface area is 130 Å². The molecule has 1 heteroatoms. The van der Waals surface area contributed by atoms with Crippen LogP contribution in [0.1, 0.15) is 58.8 Å². The van der Waals surface area contributed by atoms with Crippen LogP contribution >= 0.6 is 0 Å². The Kier molecular flexibility index (Phi) is 15.1. The molecule has 0 heterocycles. The molecule has 0 unspecified atom stereocenters. The van der Waals surface area contributed by atoms with E-state index in [2.05, 4.69) is 60.8 Å². The average Bonchev–Trinajstić information content (AvgIpc) is 2.46. The van der Waals surface area contributed by atoms with Crippen molar-refractivity contribution in [1.29, 1.82) is 0 Å². The molecule has 0 fully saturated rings. The Balaban J connectivity index is 3.45. The molecule has 0 aromatic carbocycles. The molecule has 116 valence electrons. The molecule has 0 aromatic heterocycles. The molecule has 1 nitrogen and oxygen atoms in total. The summed E-state index contributed by atoms with van der Waals surface area (Å²) >= 11 is 0. The zero-order chi connectivity index (χ0) is 15.6. The van der Waals surface area contributed by atoms with Crippen molar-refractivity contribution in [3.05, 3.63) is 60.8 Å². The molecule has 0 bridgehead atoms. The standard InChI is InChI=1S/C20H30O/c1-3-4-5-6-7-8-9-10-11-12-13-14-15-16-17-18-19-20(2)21/h3-4,6-7,9-10,12-13,15-16H,5,8,11,14,17-19H2,1-2H3. The zero-order valence-electron chi connectivity index (χ0n) is 13.6. The van der Waals surface area contributed by atoms with Crippen molar-refractivity contribution < 1.29 is 4.79 Å². The first-order valence-corrected chi connectivity index (χ1v) is 7.98. The first-order chi connectivity index (χ1) is 10.3. The summed E-state index contributed by atoms with van der Waals surface area (Å²) in [6.45, 7) is 3.69. The highest BCUT2D eigenvalue weighted by atomic mass is 16.1. The minimum Gasteiger partial charge on any atom is -0.300 e. The van der Waals surface area contributed by atoms with E-state index < -0.39 is 0 Å².